The second kappa shape index (κ2) is 6.70. The Labute approximate surface area is 117 Å². The lowest BCUT2D eigenvalue weighted by atomic mass is 9.89. The fraction of sp³-hybridized carbons (Fsp3) is 0.571. The molecule has 0 unspecified atom stereocenters. The summed E-state index contributed by atoms with van der Waals surface area (Å²) in [4.78, 5) is 15.5. The smallest absolute Gasteiger partial charge is 0.337 e. The summed E-state index contributed by atoms with van der Waals surface area (Å²) >= 11 is 1.28. The van der Waals surface area contributed by atoms with Crippen LogP contribution in [0.2, 0.25) is 0 Å². The van der Waals surface area contributed by atoms with Crippen LogP contribution >= 0.6 is 11.3 Å². The fourth-order valence-corrected chi connectivity index (χ4v) is 3.13. The average Bonchev–Trinajstić information content (AvgIpc) is 2.73. The summed E-state index contributed by atoms with van der Waals surface area (Å²) in [6, 6.07) is 0. The van der Waals surface area contributed by atoms with Gasteiger partial charge in [-0.2, -0.15) is 0 Å². The van der Waals surface area contributed by atoms with Crippen molar-refractivity contribution < 1.29 is 9.90 Å². The van der Waals surface area contributed by atoms with Gasteiger partial charge in [-0.1, -0.05) is 38.2 Å². The maximum atomic E-state index is 11.4. The maximum absolute atomic E-state index is 11.4. The zero-order chi connectivity index (χ0) is 13.7. The first-order valence-electron chi connectivity index (χ1n) is 6.83. The van der Waals surface area contributed by atoms with Crippen molar-refractivity contribution in [3.8, 4) is 0 Å². The van der Waals surface area contributed by atoms with Gasteiger partial charge in [0.1, 0.15) is 0 Å². The molecule has 1 aliphatic rings. The van der Waals surface area contributed by atoms with Crippen LogP contribution in [0, 0.1) is 5.92 Å². The Morgan fingerprint density at radius 1 is 1.32 bits per heavy atom. The number of allylic oxidation sites excluding steroid dienone is 1. The van der Waals surface area contributed by atoms with Gasteiger partial charge >= 0.3 is 5.97 Å². The van der Waals surface area contributed by atoms with Crippen LogP contribution in [0.3, 0.4) is 0 Å². The zero-order valence-corrected chi connectivity index (χ0v) is 11.8. The highest BCUT2D eigenvalue weighted by Gasteiger charge is 2.17. The molecule has 2 rings (SSSR count). The molecule has 0 aromatic carbocycles. The highest BCUT2D eigenvalue weighted by molar-refractivity contribution is 7.13. The lowest BCUT2D eigenvalue weighted by molar-refractivity contribution is -0.130. The SMILES string of the molecule is Nc1nc(C(=CC2CCCCCCC2)C(=O)O)cs1. The van der Waals surface area contributed by atoms with E-state index in [-0.39, 0.29) is 0 Å². The van der Waals surface area contributed by atoms with Gasteiger partial charge in [0.2, 0.25) is 0 Å². The standard InChI is InChI=1S/C14H20N2O2S/c15-14-16-12(9-19-14)11(13(17)18)8-10-6-4-2-1-3-5-7-10/h8-10H,1-7H2,(H2,15,16)(H,17,18). The number of carboxylic acids is 1. The largest absolute Gasteiger partial charge is 0.478 e. The first-order chi connectivity index (χ1) is 9.16. The minimum Gasteiger partial charge on any atom is -0.478 e. The van der Waals surface area contributed by atoms with Gasteiger partial charge < -0.3 is 10.8 Å². The number of rotatable bonds is 3. The minimum atomic E-state index is -0.910. The van der Waals surface area contributed by atoms with E-state index < -0.39 is 5.97 Å². The Morgan fingerprint density at radius 3 is 2.47 bits per heavy atom. The number of anilines is 1. The van der Waals surface area contributed by atoms with E-state index in [9.17, 15) is 9.90 Å². The van der Waals surface area contributed by atoms with Gasteiger partial charge in [0, 0.05) is 5.38 Å². The van der Waals surface area contributed by atoms with Gasteiger partial charge in [0.05, 0.1) is 11.3 Å². The summed E-state index contributed by atoms with van der Waals surface area (Å²) in [6.45, 7) is 0. The number of nitrogens with zero attached hydrogens (tertiary/aromatic N) is 1. The van der Waals surface area contributed by atoms with Crippen LogP contribution in [0.4, 0.5) is 5.13 Å². The molecule has 1 fully saturated rings. The van der Waals surface area contributed by atoms with Crippen LogP contribution < -0.4 is 5.73 Å². The molecule has 19 heavy (non-hydrogen) atoms. The van der Waals surface area contributed by atoms with E-state index in [1.165, 1.54) is 43.4 Å². The topological polar surface area (TPSA) is 76.2 Å². The van der Waals surface area contributed by atoms with Crippen LogP contribution in [-0.4, -0.2) is 16.1 Å². The molecule has 0 radical (unpaired) electrons. The summed E-state index contributed by atoms with van der Waals surface area (Å²) in [5.41, 5.74) is 6.38. The molecule has 1 aromatic heterocycles. The molecule has 4 nitrogen and oxygen atoms in total. The van der Waals surface area contributed by atoms with Gasteiger partial charge in [-0.25, -0.2) is 9.78 Å². The molecule has 5 heteroatoms. The second-order valence-corrected chi connectivity index (χ2v) is 5.95. The number of hydrogen-bond donors (Lipinski definition) is 2. The Balaban J connectivity index is 2.17. The molecule has 0 aliphatic heterocycles. The predicted octanol–water partition coefficient (Wildman–Crippen LogP) is 3.55. The molecule has 3 N–H and O–H groups in total. The van der Waals surface area contributed by atoms with Crippen LogP contribution in [0.5, 0.6) is 0 Å². The van der Waals surface area contributed by atoms with E-state index in [1.54, 1.807) is 5.38 Å². The summed E-state index contributed by atoms with van der Waals surface area (Å²) in [5.74, 6) is -0.554. The van der Waals surface area contributed by atoms with Crippen LogP contribution in [-0.2, 0) is 4.79 Å². The van der Waals surface area contributed by atoms with Crippen molar-refractivity contribution in [3.63, 3.8) is 0 Å². The Bertz CT molecular complexity index is 460. The van der Waals surface area contributed by atoms with E-state index in [0.717, 1.165) is 12.8 Å². The number of aliphatic carboxylic acids is 1. The monoisotopic (exact) mass is 280 g/mol. The molecule has 1 aliphatic carbocycles. The van der Waals surface area contributed by atoms with Gasteiger partial charge in [0.15, 0.2) is 5.13 Å². The van der Waals surface area contributed by atoms with E-state index in [1.807, 2.05) is 6.08 Å². The Kier molecular flexibility index (Phi) is 4.96. The van der Waals surface area contributed by atoms with Crippen molar-refractivity contribution in [2.75, 3.05) is 5.73 Å². The summed E-state index contributed by atoms with van der Waals surface area (Å²) in [5, 5.41) is 11.5. The van der Waals surface area contributed by atoms with Gasteiger partial charge in [-0.3, -0.25) is 0 Å². The molecule has 1 saturated carbocycles. The van der Waals surface area contributed by atoms with Crippen molar-refractivity contribution in [3.05, 3.63) is 17.2 Å². The molecule has 1 heterocycles. The number of hydrogen-bond acceptors (Lipinski definition) is 4. The molecular weight excluding hydrogens is 260 g/mol. The normalized spacial score (nSPS) is 18.8. The predicted molar refractivity (Wildman–Crippen MR) is 77.9 cm³/mol. The van der Waals surface area contributed by atoms with Crippen molar-refractivity contribution in [2.45, 2.75) is 44.9 Å². The van der Waals surface area contributed by atoms with Crippen LogP contribution in [0.15, 0.2) is 11.5 Å². The summed E-state index contributed by atoms with van der Waals surface area (Å²) in [7, 11) is 0. The number of aromatic nitrogens is 1. The van der Waals surface area contributed by atoms with E-state index >= 15 is 0 Å². The van der Waals surface area contributed by atoms with Crippen LogP contribution in [0.1, 0.15) is 50.6 Å². The van der Waals surface area contributed by atoms with Gasteiger partial charge in [0.25, 0.3) is 0 Å². The third kappa shape index (κ3) is 4.06. The molecule has 1 aromatic rings. The summed E-state index contributed by atoms with van der Waals surface area (Å²) in [6.07, 6.45) is 10.3. The lowest BCUT2D eigenvalue weighted by Gasteiger charge is -2.16. The van der Waals surface area contributed by atoms with E-state index in [0.29, 0.717) is 22.3 Å². The second-order valence-electron chi connectivity index (χ2n) is 5.06. The third-order valence-corrected chi connectivity index (χ3v) is 4.25. The van der Waals surface area contributed by atoms with Crippen molar-refractivity contribution >= 4 is 28.0 Å². The molecule has 0 amide bonds. The Hall–Kier alpha value is -1.36. The Morgan fingerprint density at radius 2 is 1.95 bits per heavy atom. The molecule has 0 bridgehead atoms. The maximum Gasteiger partial charge on any atom is 0.337 e. The van der Waals surface area contributed by atoms with Crippen molar-refractivity contribution in [2.24, 2.45) is 5.92 Å². The number of thiazole rings is 1. The van der Waals surface area contributed by atoms with Gasteiger partial charge in [-0.15, -0.1) is 11.3 Å². The number of carbonyl (C=O) groups is 1. The van der Waals surface area contributed by atoms with Gasteiger partial charge in [-0.05, 0) is 18.8 Å². The zero-order valence-electron chi connectivity index (χ0n) is 11.0. The number of nitrogen functional groups attached to an aromatic ring is 1. The van der Waals surface area contributed by atoms with E-state index in [2.05, 4.69) is 4.98 Å². The third-order valence-electron chi connectivity index (χ3n) is 3.58. The quantitative estimate of drug-likeness (QED) is 0.830. The van der Waals surface area contributed by atoms with Crippen LogP contribution in [0.25, 0.3) is 5.57 Å². The molecule has 0 saturated heterocycles. The van der Waals surface area contributed by atoms with E-state index in [4.69, 9.17) is 5.73 Å². The molecule has 0 atom stereocenters. The minimum absolute atomic E-state index is 0.304. The van der Waals surface area contributed by atoms with Crippen molar-refractivity contribution in [1.29, 1.82) is 0 Å². The molecule has 0 spiro atoms. The average molecular weight is 280 g/mol. The first kappa shape index (κ1) is 14.1. The number of nitrogens with two attached hydrogens (primary N) is 1. The lowest BCUT2D eigenvalue weighted by Crippen LogP contribution is -2.06. The van der Waals surface area contributed by atoms with Crippen molar-refractivity contribution in [1.82, 2.24) is 4.98 Å². The number of carboxylic acid groups (broad SMARTS) is 1. The fourth-order valence-electron chi connectivity index (χ4n) is 2.57. The highest BCUT2D eigenvalue weighted by Crippen LogP contribution is 2.27. The molecule has 104 valence electrons. The summed E-state index contributed by atoms with van der Waals surface area (Å²) < 4.78 is 0. The first-order valence-corrected chi connectivity index (χ1v) is 7.71. The molecular formula is C14H20N2O2S. The highest BCUT2D eigenvalue weighted by atomic mass is 32.1.